The highest BCUT2D eigenvalue weighted by Gasteiger charge is 2.01. The lowest BCUT2D eigenvalue weighted by molar-refractivity contribution is 0.180. The summed E-state index contributed by atoms with van der Waals surface area (Å²) < 4.78 is 5.06. The predicted molar refractivity (Wildman–Crippen MR) is 95.8 cm³/mol. The number of guanidine groups is 1. The third kappa shape index (κ3) is 12.9. The summed E-state index contributed by atoms with van der Waals surface area (Å²) in [5.74, 6) is 0.884. The number of ether oxygens (including phenoxy) is 1. The predicted octanol–water partition coefficient (Wildman–Crippen LogP) is 0.852. The van der Waals surface area contributed by atoms with E-state index in [9.17, 15) is 0 Å². The molecule has 0 saturated heterocycles. The molecule has 0 bridgehead atoms. The summed E-state index contributed by atoms with van der Waals surface area (Å²) in [6.07, 6.45) is 3.59. The van der Waals surface area contributed by atoms with Gasteiger partial charge in [0.2, 0.25) is 0 Å². The van der Waals surface area contributed by atoms with E-state index in [0.717, 1.165) is 58.3 Å². The summed E-state index contributed by atoms with van der Waals surface area (Å²) in [4.78, 5) is 8.91. The van der Waals surface area contributed by atoms with Gasteiger partial charge in [-0.2, -0.15) is 0 Å². The van der Waals surface area contributed by atoms with Gasteiger partial charge in [0.15, 0.2) is 5.96 Å². The second-order valence-electron chi connectivity index (χ2n) is 5.73. The lowest BCUT2D eigenvalue weighted by atomic mass is 10.3. The molecule has 0 aliphatic rings. The van der Waals surface area contributed by atoms with Crippen molar-refractivity contribution >= 4 is 5.96 Å². The number of likely N-dealkylation sites (N-methyl/N-ethyl adjacent to an activating group) is 2. The number of methoxy groups -OCH3 is 1. The summed E-state index contributed by atoms with van der Waals surface area (Å²) in [6, 6.07) is 0. The van der Waals surface area contributed by atoms with Gasteiger partial charge in [-0.25, -0.2) is 0 Å². The molecule has 6 nitrogen and oxygen atoms in total. The Bertz CT molecular complexity index is 273. The molecule has 0 atom stereocenters. The zero-order valence-corrected chi connectivity index (χ0v) is 15.3. The molecular formula is C16H37N5O. The van der Waals surface area contributed by atoms with Crippen LogP contribution in [0.4, 0.5) is 0 Å². The summed E-state index contributed by atoms with van der Waals surface area (Å²) >= 11 is 0. The molecule has 22 heavy (non-hydrogen) atoms. The van der Waals surface area contributed by atoms with Gasteiger partial charge in [0.25, 0.3) is 0 Å². The van der Waals surface area contributed by atoms with Crippen molar-refractivity contribution < 1.29 is 4.74 Å². The zero-order valence-electron chi connectivity index (χ0n) is 15.3. The Balaban J connectivity index is 3.67. The molecule has 0 amide bonds. The highest BCUT2D eigenvalue weighted by atomic mass is 16.5. The Morgan fingerprint density at radius 2 is 1.50 bits per heavy atom. The third-order valence-corrected chi connectivity index (χ3v) is 3.58. The van der Waals surface area contributed by atoms with Crippen molar-refractivity contribution in [1.29, 1.82) is 0 Å². The first-order valence-electron chi connectivity index (χ1n) is 8.44. The minimum atomic E-state index is 0.826. The first-order chi connectivity index (χ1) is 10.6. The van der Waals surface area contributed by atoms with E-state index >= 15 is 0 Å². The van der Waals surface area contributed by atoms with Gasteiger partial charge >= 0.3 is 0 Å². The molecule has 6 heteroatoms. The van der Waals surface area contributed by atoms with Gasteiger partial charge in [-0.05, 0) is 33.5 Å². The van der Waals surface area contributed by atoms with E-state index in [0.29, 0.717) is 0 Å². The molecule has 0 heterocycles. The van der Waals surface area contributed by atoms with Crippen LogP contribution in [0.3, 0.4) is 0 Å². The maximum absolute atomic E-state index is 5.06. The van der Waals surface area contributed by atoms with E-state index in [1.54, 1.807) is 7.11 Å². The number of unbranched alkanes of at least 4 members (excludes halogenated alkanes) is 1. The number of rotatable bonds is 13. The molecule has 132 valence electrons. The smallest absolute Gasteiger partial charge is 0.191 e. The van der Waals surface area contributed by atoms with Gasteiger partial charge in [-0.15, -0.1) is 0 Å². The van der Waals surface area contributed by atoms with Crippen LogP contribution in [0.2, 0.25) is 0 Å². The molecule has 0 spiro atoms. The van der Waals surface area contributed by atoms with Gasteiger partial charge in [-0.1, -0.05) is 13.3 Å². The maximum atomic E-state index is 5.06. The average molecular weight is 316 g/mol. The number of hydrogen-bond acceptors (Lipinski definition) is 4. The Hall–Kier alpha value is -0.850. The molecule has 0 aromatic heterocycles. The minimum absolute atomic E-state index is 0.826. The van der Waals surface area contributed by atoms with Crippen LogP contribution in [0.1, 0.15) is 26.2 Å². The minimum Gasteiger partial charge on any atom is -0.385 e. The lowest BCUT2D eigenvalue weighted by Crippen LogP contribution is -2.43. The second kappa shape index (κ2) is 15.1. The normalized spacial score (nSPS) is 12.2. The first-order valence-corrected chi connectivity index (χ1v) is 8.44. The van der Waals surface area contributed by atoms with Crippen molar-refractivity contribution in [1.82, 2.24) is 20.4 Å². The van der Waals surface area contributed by atoms with Crippen LogP contribution in [0, 0.1) is 0 Å². The van der Waals surface area contributed by atoms with Crippen molar-refractivity contribution in [2.45, 2.75) is 26.2 Å². The molecule has 0 unspecified atom stereocenters. The molecular weight excluding hydrogens is 278 g/mol. The monoisotopic (exact) mass is 315 g/mol. The summed E-state index contributed by atoms with van der Waals surface area (Å²) in [5.41, 5.74) is 0. The van der Waals surface area contributed by atoms with E-state index in [-0.39, 0.29) is 0 Å². The van der Waals surface area contributed by atoms with Crippen LogP contribution >= 0.6 is 0 Å². The topological polar surface area (TPSA) is 52.1 Å². The van der Waals surface area contributed by atoms with Crippen molar-refractivity contribution in [3.05, 3.63) is 0 Å². The molecule has 0 aromatic rings. The molecule has 0 fully saturated rings. The fourth-order valence-electron chi connectivity index (χ4n) is 2.08. The molecule has 0 saturated carbocycles. The van der Waals surface area contributed by atoms with Gasteiger partial charge < -0.3 is 25.2 Å². The van der Waals surface area contributed by atoms with Crippen LogP contribution < -0.4 is 10.6 Å². The standard InChI is InChI=1S/C16H37N5O/c1-6-7-11-20(3)13-9-18-16(17-2)19-10-14-21(4)12-8-15-22-5/h6-15H2,1-5H3,(H2,17,18,19). The van der Waals surface area contributed by atoms with Gasteiger partial charge in [-0.3, -0.25) is 4.99 Å². The SMILES string of the molecule is CCCCN(C)CCNC(=NC)NCCN(C)CCCOC. The first kappa shape index (κ1) is 21.1. The number of hydrogen-bond donors (Lipinski definition) is 2. The molecule has 0 radical (unpaired) electrons. The van der Waals surface area contributed by atoms with E-state index in [4.69, 9.17) is 4.74 Å². The number of aliphatic imine (C=N–C) groups is 1. The summed E-state index contributed by atoms with van der Waals surface area (Å²) in [5, 5.41) is 6.72. The van der Waals surface area contributed by atoms with E-state index in [1.165, 1.54) is 12.8 Å². The van der Waals surface area contributed by atoms with Crippen molar-refractivity contribution in [3.63, 3.8) is 0 Å². The Morgan fingerprint density at radius 3 is 1.95 bits per heavy atom. The molecule has 0 aliphatic heterocycles. The van der Waals surface area contributed by atoms with Gasteiger partial charge in [0.05, 0.1) is 0 Å². The summed E-state index contributed by atoms with van der Waals surface area (Å²) in [7, 11) is 7.87. The van der Waals surface area contributed by atoms with Gasteiger partial charge in [0, 0.05) is 53.5 Å². The molecule has 0 aliphatic carbocycles. The van der Waals surface area contributed by atoms with Crippen LogP contribution in [0.25, 0.3) is 0 Å². The van der Waals surface area contributed by atoms with Gasteiger partial charge in [0.1, 0.15) is 0 Å². The van der Waals surface area contributed by atoms with Crippen molar-refractivity contribution in [2.75, 3.05) is 74.1 Å². The van der Waals surface area contributed by atoms with Crippen LogP contribution in [0.15, 0.2) is 4.99 Å². The average Bonchev–Trinajstić information content (AvgIpc) is 2.51. The third-order valence-electron chi connectivity index (χ3n) is 3.58. The van der Waals surface area contributed by atoms with Crippen molar-refractivity contribution in [2.24, 2.45) is 4.99 Å². The number of nitrogens with one attached hydrogen (secondary N) is 2. The zero-order chi connectivity index (χ0) is 16.6. The Kier molecular flexibility index (Phi) is 14.5. The highest BCUT2D eigenvalue weighted by Crippen LogP contribution is 1.90. The Labute approximate surface area is 137 Å². The fraction of sp³-hybridized carbons (Fsp3) is 0.938. The Morgan fingerprint density at radius 1 is 0.955 bits per heavy atom. The van der Waals surface area contributed by atoms with E-state index < -0.39 is 0 Å². The van der Waals surface area contributed by atoms with Crippen LogP contribution in [-0.4, -0.2) is 89.9 Å². The molecule has 0 rings (SSSR count). The highest BCUT2D eigenvalue weighted by molar-refractivity contribution is 5.79. The second-order valence-corrected chi connectivity index (χ2v) is 5.73. The van der Waals surface area contributed by atoms with E-state index in [2.05, 4.69) is 46.4 Å². The van der Waals surface area contributed by atoms with Crippen LogP contribution in [0.5, 0.6) is 0 Å². The molecule has 0 aromatic carbocycles. The maximum Gasteiger partial charge on any atom is 0.191 e. The quantitative estimate of drug-likeness (QED) is 0.300. The lowest BCUT2D eigenvalue weighted by Gasteiger charge is -2.19. The summed E-state index contributed by atoms with van der Waals surface area (Å²) in [6.45, 7) is 9.13. The fourth-order valence-corrected chi connectivity index (χ4v) is 2.08. The molecule has 2 N–H and O–H groups in total. The van der Waals surface area contributed by atoms with Crippen LogP contribution in [-0.2, 0) is 4.74 Å². The number of nitrogens with zero attached hydrogens (tertiary/aromatic N) is 3. The largest absolute Gasteiger partial charge is 0.385 e. The van der Waals surface area contributed by atoms with Crippen molar-refractivity contribution in [3.8, 4) is 0 Å². The van der Waals surface area contributed by atoms with E-state index in [1.807, 2.05) is 7.05 Å².